The van der Waals surface area contributed by atoms with Crippen molar-refractivity contribution < 1.29 is 4.74 Å². The fourth-order valence-corrected chi connectivity index (χ4v) is 2.46. The smallest absolute Gasteiger partial charge is 0.176 e. The van der Waals surface area contributed by atoms with E-state index in [-0.39, 0.29) is 5.54 Å². The summed E-state index contributed by atoms with van der Waals surface area (Å²) in [6, 6.07) is 0. The third-order valence-electron chi connectivity index (χ3n) is 3.47. The zero-order valence-corrected chi connectivity index (χ0v) is 9.15. The molecule has 0 aliphatic carbocycles. The summed E-state index contributed by atoms with van der Waals surface area (Å²) in [5.74, 6) is 0.799. The van der Waals surface area contributed by atoms with Crippen molar-refractivity contribution in [2.45, 2.75) is 12.0 Å². The monoisotopic (exact) mass is 224 g/mol. The van der Waals surface area contributed by atoms with Crippen molar-refractivity contribution in [1.82, 2.24) is 30.8 Å². The van der Waals surface area contributed by atoms with Gasteiger partial charge in [-0.2, -0.15) is 5.21 Å². The van der Waals surface area contributed by atoms with Gasteiger partial charge in [0.15, 0.2) is 5.82 Å². The lowest BCUT2D eigenvalue weighted by Gasteiger charge is -2.51. The van der Waals surface area contributed by atoms with Crippen LogP contribution >= 0.6 is 0 Å². The summed E-state index contributed by atoms with van der Waals surface area (Å²) in [4.78, 5) is 2.49. The molecule has 1 aromatic heterocycles. The molecular weight excluding hydrogens is 208 g/mol. The van der Waals surface area contributed by atoms with Gasteiger partial charge in [0, 0.05) is 32.6 Å². The molecule has 1 aromatic rings. The number of aromatic nitrogens is 4. The maximum atomic E-state index is 5.39. The molecule has 2 fully saturated rings. The minimum atomic E-state index is 0.174. The van der Waals surface area contributed by atoms with Gasteiger partial charge in [0.1, 0.15) is 0 Å². The van der Waals surface area contributed by atoms with Crippen molar-refractivity contribution in [2.75, 3.05) is 39.4 Å². The Labute approximate surface area is 93.5 Å². The van der Waals surface area contributed by atoms with Crippen LogP contribution in [0.4, 0.5) is 0 Å². The fourth-order valence-electron chi connectivity index (χ4n) is 2.46. The molecule has 3 rings (SSSR count). The summed E-state index contributed by atoms with van der Waals surface area (Å²) in [5.41, 5.74) is 0.174. The zero-order chi connectivity index (χ0) is 10.8. The van der Waals surface area contributed by atoms with E-state index in [2.05, 4.69) is 30.8 Å². The number of H-pyrrole nitrogens is 1. The van der Waals surface area contributed by atoms with Crippen LogP contribution in [0, 0.1) is 0 Å². The van der Waals surface area contributed by atoms with Gasteiger partial charge in [-0.15, -0.1) is 10.2 Å². The van der Waals surface area contributed by atoms with Crippen LogP contribution in [-0.2, 0) is 11.2 Å². The number of hydrogen-bond donors (Lipinski definition) is 2. The number of hydrogen-bond acceptors (Lipinski definition) is 6. The highest BCUT2D eigenvalue weighted by atomic mass is 16.5. The molecule has 3 heterocycles. The third kappa shape index (κ3) is 1.70. The van der Waals surface area contributed by atoms with Crippen molar-refractivity contribution in [3.05, 3.63) is 5.82 Å². The molecule has 0 atom stereocenters. The highest BCUT2D eigenvalue weighted by Gasteiger charge is 2.43. The van der Waals surface area contributed by atoms with Crippen LogP contribution in [0.1, 0.15) is 5.82 Å². The first-order chi connectivity index (χ1) is 7.89. The van der Waals surface area contributed by atoms with Gasteiger partial charge in [-0.1, -0.05) is 5.21 Å². The third-order valence-corrected chi connectivity index (χ3v) is 3.47. The van der Waals surface area contributed by atoms with Crippen molar-refractivity contribution in [3.63, 3.8) is 0 Å². The second kappa shape index (κ2) is 4.08. The Balaban J connectivity index is 1.72. The second-order valence-electron chi connectivity index (χ2n) is 4.43. The molecule has 2 N–H and O–H groups in total. The van der Waals surface area contributed by atoms with Gasteiger partial charge >= 0.3 is 0 Å². The maximum absolute atomic E-state index is 5.39. The predicted molar refractivity (Wildman–Crippen MR) is 55.9 cm³/mol. The van der Waals surface area contributed by atoms with Gasteiger partial charge in [0.2, 0.25) is 0 Å². The summed E-state index contributed by atoms with van der Waals surface area (Å²) in [6.07, 6.45) is 0.858. The number of rotatable bonds is 3. The first-order valence-electron chi connectivity index (χ1n) is 5.65. The SMILES string of the molecule is C1CN(C2(Cc3nn[nH]n3)CNC2)CCO1. The highest BCUT2D eigenvalue weighted by molar-refractivity contribution is 5.07. The summed E-state index contributed by atoms with van der Waals surface area (Å²) in [5, 5.41) is 17.6. The maximum Gasteiger partial charge on any atom is 0.176 e. The summed E-state index contributed by atoms with van der Waals surface area (Å²) in [6.45, 7) is 5.66. The molecule has 7 nitrogen and oxygen atoms in total. The Morgan fingerprint density at radius 2 is 2.12 bits per heavy atom. The van der Waals surface area contributed by atoms with E-state index in [9.17, 15) is 0 Å². The molecule has 7 heteroatoms. The lowest BCUT2D eigenvalue weighted by molar-refractivity contribution is -0.0444. The minimum Gasteiger partial charge on any atom is -0.379 e. The van der Waals surface area contributed by atoms with E-state index in [0.29, 0.717) is 0 Å². The lowest BCUT2D eigenvalue weighted by Crippen LogP contribution is -2.71. The molecule has 0 saturated carbocycles. The molecule has 0 unspecified atom stereocenters. The zero-order valence-electron chi connectivity index (χ0n) is 9.15. The van der Waals surface area contributed by atoms with Gasteiger partial charge in [-0.25, -0.2) is 0 Å². The number of nitrogens with zero attached hydrogens (tertiary/aromatic N) is 4. The van der Waals surface area contributed by atoms with Crippen molar-refractivity contribution in [2.24, 2.45) is 0 Å². The van der Waals surface area contributed by atoms with E-state index in [4.69, 9.17) is 4.74 Å². The van der Waals surface area contributed by atoms with Crippen molar-refractivity contribution in [1.29, 1.82) is 0 Å². The highest BCUT2D eigenvalue weighted by Crippen LogP contribution is 2.25. The average molecular weight is 224 g/mol. The van der Waals surface area contributed by atoms with Crippen molar-refractivity contribution in [3.8, 4) is 0 Å². The van der Waals surface area contributed by atoms with Crippen LogP contribution in [0.25, 0.3) is 0 Å². The van der Waals surface area contributed by atoms with Gasteiger partial charge in [0.05, 0.1) is 18.8 Å². The van der Waals surface area contributed by atoms with Crippen LogP contribution in [0.15, 0.2) is 0 Å². The van der Waals surface area contributed by atoms with Crippen LogP contribution in [0.2, 0.25) is 0 Å². The van der Waals surface area contributed by atoms with E-state index >= 15 is 0 Å². The summed E-state index contributed by atoms with van der Waals surface area (Å²) < 4.78 is 5.39. The molecule has 0 aromatic carbocycles. The van der Waals surface area contributed by atoms with Crippen LogP contribution < -0.4 is 5.32 Å². The summed E-state index contributed by atoms with van der Waals surface area (Å²) >= 11 is 0. The van der Waals surface area contributed by atoms with Crippen LogP contribution in [0.3, 0.4) is 0 Å². The molecule has 0 bridgehead atoms. The first-order valence-corrected chi connectivity index (χ1v) is 5.65. The Kier molecular flexibility index (Phi) is 2.58. The van der Waals surface area contributed by atoms with Crippen molar-refractivity contribution >= 4 is 0 Å². The fraction of sp³-hybridized carbons (Fsp3) is 0.889. The molecule has 16 heavy (non-hydrogen) atoms. The largest absolute Gasteiger partial charge is 0.379 e. The van der Waals surface area contributed by atoms with Gasteiger partial charge in [0.25, 0.3) is 0 Å². The van der Waals surface area contributed by atoms with Gasteiger partial charge < -0.3 is 10.1 Å². The van der Waals surface area contributed by atoms with E-state index < -0.39 is 0 Å². The van der Waals surface area contributed by atoms with E-state index in [1.807, 2.05) is 0 Å². The van der Waals surface area contributed by atoms with Crippen LogP contribution in [0.5, 0.6) is 0 Å². The summed E-state index contributed by atoms with van der Waals surface area (Å²) in [7, 11) is 0. The normalized spacial score (nSPS) is 25.2. The standard InChI is InChI=1S/C9H16N6O/c1-3-16-4-2-15(1)9(6-10-7-9)5-8-11-13-14-12-8/h10H,1-7H2,(H,11,12,13,14). The molecule has 88 valence electrons. The molecule has 0 amide bonds. The van der Waals surface area contributed by atoms with Crippen LogP contribution in [-0.4, -0.2) is 70.5 Å². The molecule has 2 aliphatic rings. The molecule has 2 saturated heterocycles. The Morgan fingerprint density at radius 3 is 2.69 bits per heavy atom. The van der Waals surface area contributed by atoms with E-state index in [0.717, 1.165) is 51.6 Å². The second-order valence-corrected chi connectivity index (χ2v) is 4.43. The number of tetrazole rings is 1. The number of nitrogens with one attached hydrogen (secondary N) is 2. The lowest BCUT2D eigenvalue weighted by atomic mass is 9.85. The molecule has 0 spiro atoms. The topological polar surface area (TPSA) is 79.0 Å². The molecular formula is C9H16N6O. The Morgan fingerprint density at radius 1 is 1.31 bits per heavy atom. The van der Waals surface area contributed by atoms with Gasteiger partial charge in [-0.3, -0.25) is 4.90 Å². The molecule has 0 radical (unpaired) electrons. The van der Waals surface area contributed by atoms with E-state index in [1.54, 1.807) is 0 Å². The first kappa shape index (κ1) is 10.1. The van der Waals surface area contributed by atoms with Gasteiger partial charge in [-0.05, 0) is 0 Å². The predicted octanol–water partition coefficient (Wildman–Crippen LogP) is -1.58. The Bertz CT molecular complexity index is 330. The number of morpholine rings is 1. The van der Waals surface area contributed by atoms with E-state index in [1.165, 1.54) is 0 Å². The number of aromatic amines is 1. The Hall–Kier alpha value is -1.05. The number of ether oxygens (including phenoxy) is 1. The quantitative estimate of drug-likeness (QED) is 0.645. The molecule has 2 aliphatic heterocycles. The average Bonchev–Trinajstić information content (AvgIpc) is 2.77. The minimum absolute atomic E-state index is 0.174.